The summed E-state index contributed by atoms with van der Waals surface area (Å²) >= 11 is 12.5. The minimum Gasteiger partial charge on any atom is -0.481 e. The minimum absolute atomic E-state index is 0.0312. The van der Waals surface area contributed by atoms with Crippen LogP contribution < -0.4 is 5.56 Å². The fraction of sp³-hybridized carbons (Fsp3) is 0.375. The molecular formula is C32H31Cl2F4N3O4. The number of carboxylic acid groups (broad SMARTS) is 1. The van der Waals surface area contributed by atoms with Crippen LogP contribution in [-0.2, 0) is 16.0 Å². The first-order valence-corrected chi connectivity index (χ1v) is 15.0. The molecule has 1 aromatic heterocycles. The van der Waals surface area contributed by atoms with Gasteiger partial charge in [0.05, 0.1) is 22.2 Å². The fourth-order valence-electron chi connectivity index (χ4n) is 5.23. The molecule has 2 aromatic carbocycles. The Balaban J connectivity index is 1.80. The maximum absolute atomic E-state index is 15.6. The van der Waals surface area contributed by atoms with E-state index in [0.717, 1.165) is 22.8 Å². The number of likely N-dealkylation sites (tertiary alicyclic amines) is 1. The number of alkyl halides is 1. The van der Waals surface area contributed by atoms with Crippen molar-refractivity contribution in [3.63, 3.8) is 0 Å². The summed E-state index contributed by atoms with van der Waals surface area (Å²) in [5, 5.41) is 9.49. The molecule has 1 saturated heterocycles. The van der Waals surface area contributed by atoms with Gasteiger partial charge < -0.3 is 9.67 Å². The highest BCUT2D eigenvalue weighted by molar-refractivity contribution is 6.39. The van der Waals surface area contributed by atoms with Crippen LogP contribution in [0.1, 0.15) is 49.4 Å². The number of hydrogen-bond donors (Lipinski definition) is 1. The topological polar surface area (TPSA) is 92.0 Å². The van der Waals surface area contributed by atoms with Crippen LogP contribution in [0.2, 0.25) is 10.0 Å². The Hall–Kier alpha value is -3.54. The molecule has 240 valence electrons. The van der Waals surface area contributed by atoms with Gasteiger partial charge >= 0.3 is 5.97 Å². The van der Waals surface area contributed by atoms with E-state index >= 15 is 4.39 Å². The summed E-state index contributed by atoms with van der Waals surface area (Å²) in [6, 6.07) is 4.34. The van der Waals surface area contributed by atoms with Crippen molar-refractivity contribution in [2.24, 2.45) is 10.9 Å². The molecule has 7 nitrogen and oxygen atoms in total. The highest BCUT2D eigenvalue weighted by atomic mass is 35.5. The molecule has 0 bridgehead atoms. The smallest absolute Gasteiger partial charge is 0.309 e. The molecule has 4 rings (SSSR count). The van der Waals surface area contributed by atoms with Gasteiger partial charge in [-0.3, -0.25) is 19.3 Å². The van der Waals surface area contributed by atoms with Gasteiger partial charge in [-0.05, 0) is 72.7 Å². The number of carboxylic acids is 1. The number of aryl methyl sites for hydroxylation is 1. The van der Waals surface area contributed by atoms with E-state index in [4.69, 9.17) is 23.2 Å². The first-order chi connectivity index (χ1) is 21.1. The van der Waals surface area contributed by atoms with Crippen molar-refractivity contribution < 1.29 is 32.3 Å². The molecule has 3 aromatic rings. The Kier molecular flexibility index (Phi) is 10.9. The van der Waals surface area contributed by atoms with E-state index in [1.54, 1.807) is 13.8 Å². The summed E-state index contributed by atoms with van der Waals surface area (Å²) in [4.78, 5) is 44.4. The van der Waals surface area contributed by atoms with E-state index in [-0.39, 0.29) is 64.1 Å². The average molecular weight is 669 g/mol. The zero-order chi connectivity index (χ0) is 33.2. The number of nitrogens with zero attached hydrogens (tertiary/aromatic N) is 3. The van der Waals surface area contributed by atoms with Crippen molar-refractivity contribution in [3.05, 3.63) is 91.1 Å². The zero-order valence-electron chi connectivity index (χ0n) is 24.7. The first-order valence-electron chi connectivity index (χ1n) is 14.2. The molecule has 0 radical (unpaired) electrons. The van der Waals surface area contributed by atoms with Crippen LogP contribution >= 0.6 is 23.2 Å². The second-order valence-electron chi connectivity index (χ2n) is 11.5. The zero-order valence-corrected chi connectivity index (χ0v) is 26.2. The highest BCUT2D eigenvalue weighted by Gasteiger charge is 2.28. The van der Waals surface area contributed by atoms with E-state index < -0.39 is 59.2 Å². The molecule has 13 heteroatoms. The summed E-state index contributed by atoms with van der Waals surface area (Å²) < 4.78 is 58.4. The lowest BCUT2D eigenvalue weighted by molar-refractivity contribution is -0.135. The number of carbonyl (C=O) groups is 2. The van der Waals surface area contributed by atoms with E-state index in [1.807, 2.05) is 4.90 Å². The third-order valence-corrected chi connectivity index (χ3v) is 8.02. The van der Waals surface area contributed by atoms with E-state index in [9.17, 15) is 32.7 Å². The first kappa shape index (κ1) is 34.3. The molecule has 1 aliphatic rings. The normalized spacial score (nSPS) is 14.9. The van der Waals surface area contributed by atoms with Gasteiger partial charge in [-0.2, -0.15) is 0 Å². The second-order valence-corrected chi connectivity index (χ2v) is 12.3. The monoisotopic (exact) mass is 667 g/mol. The molecule has 0 spiro atoms. The number of carbonyl (C=O) groups excluding carboxylic acids is 1. The van der Waals surface area contributed by atoms with Crippen LogP contribution in [-0.4, -0.2) is 58.0 Å². The molecule has 2 heterocycles. The quantitative estimate of drug-likeness (QED) is 0.179. The molecule has 1 aliphatic heterocycles. The third kappa shape index (κ3) is 8.19. The van der Waals surface area contributed by atoms with Crippen LogP contribution in [0.25, 0.3) is 11.1 Å². The number of benzene rings is 2. The molecule has 1 atom stereocenters. The van der Waals surface area contributed by atoms with Crippen molar-refractivity contribution in [2.75, 3.05) is 19.6 Å². The number of rotatable bonds is 11. The Labute approximate surface area is 267 Å². The lowest BCUT2D eigenvalue weighted by Crippen LogP contribution is -2.49. The standard InChI is InChI=1S/C32H31Cl2F4N3O4/c1-16(2)6-27(41-13-18(8-25(37)32(41)45)4-5-40-14-21(36)15-40)31(44)39-26(12-28(42)43)22-9-19(7-17(3)30(22)38)29-23(33)10-20(35)11-24(29)34/h7-11,13,16,21,27H,4-6,12,14-15H2,1-3H3,(H,42,43). The lowest BCUT2D eigenvalue weighted by atomic mass is 9.95. The second kappa shape index (κ2) is 14.3. The molecule has 1 fully saturated rings. The number of amides is 1. The molecule has 1 N–H and O–H groups in total. The summed E-state index contributed by atoms with van der Waals surface area (Å²) in [7, 11) is 0. The molecule has 45 heavy (non-hydrogen) atoms. The summed E-state index contributed by atoms with van der Waals surface area (Å²) in [6.45, 7) is 5.87. The Morgan fingerprint density at radius 2 is 1.71 bits per heavy atom. The van der Waals surface area contributed by atoms with Gasteiger partial charge in [0.2, 0.25) is 0 Å². The van der Waals surface area contributed by atoms with Crippen molar-refractivity contribution >= 4 is 40.8 Å². The van der Waals surface area contributed by atoms with Gasteiger partial charge in [0.15, 0.2) is 5.82 Å². The summed E-state index contributed by atoms with van der Waals surface area (Å²) in [5.41, 5.74) is -1.07. The SMILES string of the molecule is Cc1cc(-c2c(Cl)cc(F)cc2Cl)cc(C(CC(=O)O)=NC(=O)C(CC(C)C)n2cc(CCN3CC(F)C3)cc(F)c2=O)c1F. The number of hydrogen-bond acceptors (Lipinski definition) is 4. The summed E-state index contributed by atoms with van der Waals surface area (Å²) in [5.74, 6) is -5.27. The fourth-order valence-corrected chi connectivity index (χ4v) is 5.91. The van der Waals surface area contributed by atoms with Crippen LogP contribution in [0, 0.1) is 30.3 Å². The number of pyridine rings is 1. The predicted molar refractivity (Wildman–Crippen MR) is 165 cm³/mol. The number of halogens is 6. The van der Waals surface area contributed by atoms with Gasteiger partial charge in [-0.1, -0.05) is 37.0 Å². The maximum Gasteiger partial charge on any atom is 0.309 e. The van der Waals surface area contributed by atoms with Crippen molar-refractivity contribution in [2.45, 2.75) is 52.2 Å². The van der Waals surface area contributed by atoms with E-state index in [1.165, 1.54) is 25.3 Å². The van der Waals surface area contributed by atoms with Gasteiger partial charge in [-0.15, -0.1) is 0 Å². The van der Waals surface area contributed by atoms with E-state index in [0.29, 0.717) is 12.1 Å². The van der Waals surface area contributed by atoms with Crippen LogP contribution in [0.5, 0.6) is 0 Å². The Morgan fingerprint density at radius 3 is 2.29 bits per heavy atom. The van der Waals surface area contributed by atoms with Gasteiger partial charge in [-0.25, -0.2) is 22.6 Å². The molecule has 1 unspecified atom stereocenters. The Bertz CT molecular complexity index is 1700. The van der Waals surface area contributed by atoms with Crippen LogP contribution in [0.4, 0.5) is 17.6 Å². The summed E-state index contributed by atoms with van der Waals surface area (Å²) in [6.07, 6.45) is -0.130. The largest absolute Gasteiger partial charge is 0.481 e. The predicted octanol–water partition coefficient (Wildman–Crippen LogP) is 6.82. The molecule has 0 aliphatic carbocycles. The van der Waals surface area contributed by atoms with Gasteiger partial charge in [0, 0.05) is 37.0 Å². The minimum atomic E-state index is -1.42. The Morgan fingerprint density at radius 1 is 1.07 bits per heavy atom. The van der Waals surface area contributed by atoms with Crippen LogP contribution in [0.15, 0.2) is 46.3 Å². The lowest BCUT2D eigenvalue weighted by Gasteiger charge is -2.34. The molecule has 1 amide bonds. The number of aromatic nitrogens is 1. The van der Waals surface area contributed by atoms with E-state index in [2.05, 4.69) is 4.99 Å². The number of aliphatic imine (C=N–C) groups is 1. The molecule has 0 saturated carbocycles. The third-order valence-electron chi connectivity index (χ3n) is 7.43. The van der Waals surface area contributed by atoms with Crippen molar-refractivity contribution in [1.29, 1.82) is 0 Å². The van der Waals surface area contributed by atoms with Crippen molar-refractivity contribution in [1.82, 2.24) is 9.47 Å². The van der Waals surface area contributed by atoms with Gasteiger partial charge in [0.1, 0.15) is 23.8 Å². The van der Waals surface area contributed by atoms with Crippen molar-refractivity contribution in [3.8, 4) is 11.1 Å². The number of aliphatic carboxylic acids is 1. The van der Waals surface area contributed by atoms with Crippen LogP contribution in [0.3, 0.4) is 0 Å². The molecular weight excluding hydrogens is 637 g/mol. The van der Waals surface area contributed by atoms with Gasteiger partial charge in [0.25, 0.3) is 11.5 Å². The average Bonchev–Trinajstić information content (AvgIpc) is 2.91. The highest BCUT2D eigenvalue weighted by Crippen LogP contribution is 2.37. The maximum atomic E-state index is 15.6.